The molecule has 0 radical (unpaired) electrons. The molecule has 2 aromatic rings. The van der Waals surface area contributed by atoms with Crippen molar-refractivity contribution in [3.63, 3.8) is 0 Å². The number of hydrogen-bond acceptors (Lipinski definition) is 4. The molecule has 1 aromatic heterocycles. The van der Waals surface area contributed by atoms with Gasteiger partial charge in [0, 0.05) is 6.54 Å². The summed E-state index contributed by atoms with van der Waals surface area (Å²) in [6.07, 6.45) is 3.21. The van der Waals surface area contributed by atoms with Gasteiger partial charge in [-0.25, -0.2) is 4.98 Å². The Morgan fingerprint density at radius 1 is 1.24 bits per heavy atom. The fourth-order valence-corrected chi connectivity index (χ4v) is 1.62. The molecule has 0 saturated heterocycles. The van der Waals surface area contributed by atoms with E-state index >= 15 is 0 Å². The molecular formula is C13H16N4. The Balaban J connectivity index is 1.95. The molecule has 4 heteroatoms. The number of nitrogens with zero attached hydrogens (tertiary/aromatic N) is 2. The normalized spacial score (nSPS) is 12.1. The van der Waals surface area contributed by atoms with Gasteiger partial charge in [0.05, 0.1) is 12.4 Å². The van der Waals surface area contributed by atoms with Crippen LogP contribution in [0.1, 0.15) is 18.4 Å². The lowest BCUT2D eigenvalue weighted by molar-refractivity contribution is 0.801. The maximum absolute atomic E-state index is 5.56. The average Bonchev–Trinajstić information content (AvgIpc) is 2.37. The zero-order chi connectivity index (χ0) is 12.1. The minimum absolute atomic E-state index is 0.416. The van der Waals surface area contributed by atoms with Crippen molar-refractivity contribution >= 4 is 11.6 Å². The zero-order valence-corrected chi connectivity index (χ0v) is 9.80. The first-order chi connectivity index (χ1) is 8.25. The highest BCUT2D eigenvalue weighted by Gasteiger charge is 2.04. The summed E-state index contributed by atoms with van der Waals surface area (Å²) < 4.78 is 0. The fourth-order valence-electron chi connectivity index (χ4n) is 1.62. The quantitative estimate of drug-likeness (QED) is 0.842. The van der Waals surface area contributed by atoms with Crippen molar-refractivity contribution in [2.45, 2.75) is 12.8 Å². The first-order valence-corrected chi connectivity index (χ1v) is 5.62. The highest BCUT2D eigenvalue weighted by Crippen LogP contribution is 2.15. The Morgan fingerprint density at radius 3 is 2.71 bits per heavy atom. The van der Waals surface area contributed by atoms with E-state index in [-0.39, 0.29) is 0 Å². The van der Waals surface area contributed by atoms with E-state index in [9.17, 15) is 0 Å². The van der Waals surface area contributed by atoms with E-state index in [4.69, 9.17) is 5.73 Å². The van der Waals surface area contributed by atoms with Gasteiger partial charge in [-0.05, 0) is 11.5 Å². The minimum atomic E-state index is 0.416. The molecule has 88 valence electrons. The van der Waals surface area contributed by atoms with Crippen molar-refractivity contribution in [1.82, 2.24) is 9.97 Å². The van der Waals surface area contributed by atoms with Gasteiger partial charge in [0.2, 0.25) is 0 Å². The lowest BCUT2D eigenvalue weighted by Crippen LogP contribution is -2.11. The number of rotatable bonds is 4. The van der Waals surface area contributed by atoms with Crippen molar-refractivity contribution in [2.75, 3.05) is 17.6 Å². The van der Waals surface area contributed by atoms with E-state index in [1.807, 2.05) is 18.2 Å². The van der Waals surface area contributed by atoms with E-state index in [1.54, 1.807) is 6.20 Å². The van der Waals surface area contributed by atoms with E-state index < -0.39 is 0 Å². The highest BCUT2D eigenvalue weighted by molar-refractivity contribution is 5.38. The maximum Gasteiger partial charge on any atom is 0.146 e. The zero-order valence-electron chi connectivity index (χ0n) is 9.80. The van der Waals surface area contributed by atoms with Gasteiger partial charge in [-0.15, -0.1) is 0 Å². The molecule has 0 saturated carbocycles. The molecule has 4 nitrogen and oxygen atoms in total. The summed E-state index contributed by atoms with van der Waals surface area (Å²) in [4.78, 5) is 8.13. The second-order valence-corrected chi connectivity index (χ2v) is 4.02. The summed E-state index contributed by atoms with van der Waals surface area (Å²) in [7, 11) is 0. The molecule has 0 spiro atoms. The number of nitrogens with two attached hydrogens (primary N) is 1. The first-order valence-electron chi connectivity index (χ1n) is 5.62. The predicted molar refractivity (Wildman–Crippen MR) is 69.8 cm³/mol. The van der Waals surface area contributed by atoms with Crippen LogP contribution in [0.5, 0.6) is 0 Å². The maximum atomic E-state index is 5.56. The Hall–Kier alpha value is -2.10. The summed E-state index contributed by atoms with van der Waals surface area (Å²) in [5, 5.41) is 3.23. The lowest BCUT2D eigenvalue weighted by atomic mass is 10.0. The third-order valence-corrected chi connectivity index (χ3v) is 2.61. The standard InChI is InChI=1S/C13H16N4/c1-10(11-5-3-2-4-6-11)7-16-13-9-15-8-12(14)17-13/h2-6,8-10H,7H2,1H3,(H3,14,16,17). The summed E-state index contributed by atoms with van der Waals surface area (Å²) in [5.41, 5.74) is 6.87. The van der Waals surface area contributed by atoms with Crippen LogP contribution in [0.4, 0.5) is 11.6 Å². The van der Waals surface area contributed by atoms with Gasteiger partial charge < -0.3 is 11.1 Å². The highest BCUT2D eigenvalue weighted by atomic mass is 15.0. The molecule has 0 aliphatic heterocycles. The minimum Gasteiger partial charge on any atom is -0.382 e. The average molecular weight is 228 g/mol. The van der Waals surface area contributed by atoms with Crippen LogP contribution in [0, 0.1) is 0 Å². The number of nitrogen functional groups attached to an aromatic ring is 1. The molecule has 1 unspecified atom stereocenters. The molecule has 1 atom stereocenters. The lowest BCUT2D eigenvalue weighted by Gasteiger charge is -2.13. The van der Waals surface area contributed by atoms with Crippen molar-refractivity contribution in [1.29, 1.82) is 0 Å². The summed E-state index contributed by atoms with van der Waals surface area (Å²) in [6.45, 7) is 2.98. The van der Waals surface area contributed by atoms with Gasteiger partial charge in [0.1, 0.15) is 11.6 Å². The number of aromatic nitrogens is 2. The number of nitrogens with one attached hydrogen (secondary N) is 1. The number of benzene rings is 1. The molecule has 0 amide bonds. The van der Waals surface area contributed by atoms with Crippen LogP contribution in [0.2, 0.25) is 0 Å². The topological polar surface area (TPSA) is 63.8 Å². The Bertz CT molecular complexity index is 470. The SMILES string of the molecule is CC(CNc1cncc(N)n1)c1ccccc1. The van der Waals surface area contributed by atoms with Gasteiger partial charge >= 0.3 is 0 Å². The molecule has 2 rings (SSSR count). The van der Waals surface area contributed by atoms with Crippen molar-refractivity contribution in [2.24, 2.45) is 0 Å². The van der Waals surface area contributed by atoms with Gasteiger partial charge in [-0.3, -0.25) is 4.98 Å². The van der Waals surface area contributed by atoms with Gasteiger partial charge in [-0.1, -0.05) is 37.3 Å². The van der Waals surface area contributed by atoms with Crippen molar-refractivity contribution in [3.05, 3.63) is 48.3 Å². The molecule has 3 N–H and O–H groups in total. The predicted octanol–water partition coefficient (Wildman–Crippen LogP) is 2.27. The number of anilines is 2. The van der Waals surface area contributed by atoms with Crippen molar-refractivity contribution < 1.29 is 0 Å². The molecule has 1 heterocycles. The first kappa shape index (κ1) is 11.4. The molecule has 17 heavy (non-hydrogen) atoms. The van der Waals surface area contributed by atoms with Crippen LogP contribution < -0.4 is 11.1 Å². The fraction of sp³-hybridized carbons (Fsp3) is 0.231. The van der Waals surface area contributed by atoms with Crippen LogP contribution in [0.15, 0.2) is 42.7 Å². The Kier molecular flexibility index (Phi) is 3.55. The van der Waals surface area contributed by atoms with E-state index in [2.05, 4.69) is 34.3 Å². The molecule has 1 aromatic carbocycles. The van der Waals surface area contributed by atoms with E-state index in [1.165, 1.54) is 11.8 Å². The van der Waals surface area contributed by atoms with Crippen molar-refractivity contribution in [3.8, 4) is 0 Å². The summed E-state index contributed by atoms with van der Waals surface area (Å²) in [6, 6.07) is 10.4. The van der Waals surface area contributed by atoms with Crippen LogP contribution in [0.25, 0.3) is 0 Å². The molecule has 0 bridgehead atoms. The molecule has 0 fully saturated rings. The van der Waals surface area contributed by atoms with Gasteiger partial charge in [0.25, 0.3) is 0 Å². The molecular weight excluding hydrogens is 212 g/mol. The third kappa shape index (κ3) is 3.17. The monoisotopic (exact) mass is 228 g/mol. The van der Waals surface area contributed by atoms with Crippen LogP contribution in [0.3, 0.4) is 0 Å². The largest absolute Gasteiger partial charge is 0.382 e. The van der Waals surface area contributed by atoms with Crippen LogP contribution >= 0.6 is 0 Å². The summed E-state index contributed by atoms with van der Waals surface area (Å²) in [5.74, 6) is 1.56. The van der Waals surface area contributed by atoms with E-state index in [0.717, 1.165) is 6.54 Å². The Morgan fingerprint density at radius 2 is 2.00 bits per heavy atom. The van der Waals surface area contributed by atoms with E-state index in [0.29, 0.717) is 17.6 Å². The number of hydrogen-bond donors (Lipinski definition) is 2. The van der Waals surface area contributed by atoms with Crippen LogP contribution in [-0.4, -0.2) is 16.5 Å². The third-order valence-electron chi connectivity index (χ3n) is 2.61. The molecule has 0 aliphatic carbocycles. The smallest absolute Gasteiger partial charge is 0.146 e. The Labute approximate surface area is 101 Å². The van der Waals surface area contributed by atoms with Crippen LogP contribution in [-0.2, 0) is 0 Å². The van der Waals surface area contributed by atoms with Gasteiger partial charge in [0.15, 0.2) is 0 Å². The summed E-state index contributed by atoms with van der Waals surface area (Å²) >= 11 is 0. The van der Waals surface area contributed by atoms with Gasteiger partial charge in [-0.2, -0.15) is 0 Å². The second kappa shape index (κ2) is 5.30. The second-order valence-electron chi connectivity index (χ2n) is 4.02. The molecule has 0 aliphatic rings.